The molecule has 2 aliphatic rings. The van der Waals surface area contributed by atoms with Crippen molar-refractivity contribution in [1.29, 1.82) is 0 Å². The summed E-state index contributed by atoms with van der Waals surface area (Å²) in [4.78, 5) is 12.1. The SMILES string of the molecule is CC1(C)C=CCC(=O)C12CCCCC2. The molecule has 1 spiro atoms. The van der Waals surface area contributed by atoms with Gasteiger partial charge in [-0.3, -0.25) is 4.79 Å². The predicted octanol–water partition coefficient (Wildman–Crippen LogP) is 3.49. The van der Waals surface area contributed by atoms with Gasteiger partial charge in [-0.1, -0.05) is 45.3 Å². The van der Waals surface area contributed by atoms with Crippen LogP contribution in [0, 0.1) is 10.8 Å². The van der Waals surface area contributed by atoms with Gasteiger partial charge in [-0.05, 0) is 18.3 Å². The number of carbonyl (C=O) groups excluding carboxylic acids is 1. The van der Waals surface area contributed by atoms with Crippen molar-refractivity contribution in [1.82, 2.24) is 0 Å². The number of allylic oxidation sites excluding steroid dienone is 2. The highest BCUT2D eigenvalue weighted by atomic mass is 16.1. The number of rotatable bonds is 0. The van der Waals surface area contributed by atoms with E-state index in [0.29, 0.717) is 12.2 Å². The van der Waals surface area contributed by atoms with E-state index in [9.17, 15) is 4.79 Å². The number of hydrogen-bond acceptors (Lipinski definition) is 1. The summed E-state index contributed by atoms with van der Waals surface area (Å²) in [6, 6.07) is 0. The second kappa shape index (κ2) is 3.22. The van der Waals surface area contributed by atoms with E-state index >= 15 is 0 Å². The molecule has 2 rings (SSSR count). The Kier molecular flexibility index (Phi) is 2.29. The summed E-state index contributed by atoms with van der Waals surface area (Å²) in [6.45, 7) is 4.46. The fourth-order valence-electron chi connectivity index (χ4n) is 3.25. The molecular formula is C13H20O. The third-order valence-corrected chi connectivity index (χ3v) is 4.31. The van der Waals surface area contributed by atoms with Crippen molar-refractivity contribution in [3.8, 4) is 0 Å². The Balaban J connectivity index is 2.37. The van der Waals surface area contributed by atoms with Crippen LogP contribution in [0.3, 0.4) is 0 Å². The van der Waals surface area contributed by atoms with Gasteiger partial charge >= 0.3 is 0 Å². The largest absolute Gasteiger partial charge is 0.299 e. The molecule has 0 aromatic heterocycles. The Morgan fingerprint density at radius 3 is 2.36 bits per heavy atom. The average Bonchev–Trinajstić information content (AvgIpc) is 2.16. The maximum absolute atomic E-state index is 12.1. The molecule has 0 aliphatic heterocycles. The minimum atomic E-state index is -0.0139. The smallest absolute Gasteiger partial charge is 0.143 e. The van der Waals surface area contributed by atoms with Crippen LogP contribution in [0.25, 0.3) is 0 Å². The molecule has 0 saturated heterocycles. The van der Waals surface area contributed by atoms with Crippen LogP contribution in [0.2, 0.25) is 0 Å². The zero-order valence-corrected chi connectivity index (χ0v) is 9.31. The van der Waals surface area contributed by atoms with Crippen LogP contribution in [0.5, 0.6) is 0 Å². The Labute approximate surface area is 86.6 Å². The van der Waals surface area contributed by atoms with E-state index in [0.717, 1.165) is 12.8 Å². The van der Waals surface area contributed by atoms with Crippen molar-refractivity contribution < 1.29 is 4.79 Å². The summed E-state index contributed by atoms with van der Waals surface area (Å²) in [5, 5.41) is 0. The van der Waals surface area contributed by atoms with E-state index in [4.69, 9.17) is 0 Å². The molecule has 1 nitrogen and oxygen atoms in total. The van der Waals surface area contributed by atoms with E-state index in [1.807, 2.05) is 0 Å². The normalized spacial score (nSPS) is 29.4. The van der Waals surface area contributed by atoms with Crippen molar-refractivity contribution in [2.75, 3.05) is 0 Å². The van der Waals surface area contributed by atoms with Crippen LogP contribution >= 0.6 is 0 Å². The number of carbonyl (C=O) groups is 1. The molecule has 0 amide bonds. The standard InChI is InChI=1S/C13H20O/c1-12(2)8-6-7-11(14)13(12)9-4-3-5-10-13/h6,8H,3-5,7,9-10H2,1-2H3. The molecule has 2 aliphatic carbocycles. The first-order chi connectivity index (χ1) is 6.58. The van der Waals surface area contributed by atoms with Gasteiger partial charge in [-0.15, -0.1) is 0 Å². The number of hydrogen-bond donors (Lipinski definition) is 0. The minimum absolute atomic E-state index is 0.0139. The molecular weight excluding hydrogens is 172 g/mol. The fourth-order valence-corrected chi connectivity index (χ4v) is 3.25. The maximum atomic E-state index is 12.1. The van der Waals surface area contributed by atoms with Crippen LogP contribution in [-0.4, -0.2) is 5.78 Å². The van der Waals surface area contributed by atoms with Crippen molar-refractivity contribution >= 4 is 5.78 Å². The van der Waals surface area contributed by atoms with Gasteiger partial charge in [0, 0.05) is 11.8 Å². The molecule has 0 bridgehead atoms. The molecule has 78 valence electrons. The Morgan fingerprint density at radius 2 is 1.79 bits per heavy atom. The first-order valence-corrected chi connectivity index (χ1v) is 5.80. The molecule has 0 unspecified atom stereocenters. The lowest BCUT2D eigenvalue weighted by atomic mass is 9.54. The van der Waals surface area contributed by atoms with Crippen LogP contribution in [0.4, 0.5) is 0 Å². The molecule has 1 heteroatoms. The third kappa shape index (κ3) is 1.25. The zero-order chi connectivity index (χ0) is 10.2. The monoisotopic (exact) mass is 192 g/mol. The van der Waals surface area contributed by atoms with E-state index < -0.39 is 0 Å². The lowest BCUT2D eigenvalue weighted by Gasteiger charge is -2.48. The summed E-state index contributed by atoms with van der Waals surface area (Å²) in [6.07, 6.45) is 11.0. The van der Waals surface area contributed by atoms with Crippen LogP contribution in [-0.2, 0) is 4.79 Å². The predicted molar refractivity (Wildman–Crippen MR) is 58.1 cm³/mol. The first kappa shape index (κ1) is 9.95. The van der Waals surface area contributed by atoms with E-state index in [-0.39, 0.29) is 10.8 Å². The van der Waals surface area contributed by atoms with Gasteiger partial charge in [-0.2, -0.15) is 0 Å². The van der Waals surface area contributed by atoms with Crippen molar-refractivity contribution in [2.45, 2.75) is 52.4 Å². The fraction of sp³-hybridized carbons (Fsp3) is 0.769. The summed E-state index contributed by atoms with van der Waals surface area (Å²) < 4.78 is 0. The highest BCUT2D eigenvalue weighted by Gasteiger charge is 2.50. The lowest BCUT2D eigenvalue weighted by molar-refractivity contribution is -0.137. The van der Waals surface area contributed by atoms with Crippen molar-refractivity contribution in [3.63, 3.8) is 0 Å². The topological polar surface area (TPSA) is 17.1 Å². The maximum Gasteiger partial charge on any atom is 0.143 e. The Hall–Kier alpha value is -0.590. The van der Waals surface area contributed by atoms with Gasteiger partial charge < -0.3 is 0 Å². The average molecular weight is 192 g/mol. The third-order valence-electron chi connectivity index (χ3n) is 4.31. The van der Waals surface area contributed by atoms with Gasteiger partial charge in [0.2, 0.25) is 0 Å². The van der Waals surface area contributed by atoms with Gasteiger partial charge in [0.05, 0.1) is 0 Å². The van der Waals surface area contributed by atoms with Crippen molar-refractivity contribution in [2.24, 2.45) is 10.8 Å². The van der Waals surface area contributed by atoms with Gasteiger partial charge in [-0.25, -0.2) is 0 Å². The second-order valence-corrected chi connectivity index (χ2v) is 5.39. The Bertz CT molecular complexity index is 267. The summed E-state index contributed by atoms with van der Waals surface area (Å²) in [5.74, 6) is 0.490. The van der Waals surface area contributed by atoms with Gasteiger partial charge in [0.15, 0.2) is 0 Å². The number of Topliss-reactive ketones (excluding diaryl/α,β-unsaturated/α-hetero) is 1. The summed E-state index contributed by atoms with van der Waals surface area (Å²) in [5.41, 5.74) is 0.0722. The molecule has 14 heavy (non-hydrogen) atoms. The number of ketones is 1. The molecule has 0 aromatic carbocycles. The second-order valence-electron chi connectivity index (χ2n) is 5.39. The highest BCUT2D eigenvalue weighted by molar-refractivity contribution is 5.88. The van der Waals surface area contributed by atoms with E-state index in [2.05, 4.69) is 26.0 Å². The zero-order valence-electron chi connectivity index (χ0n) is 9.31. The molecule has 0 aromatic rings. The van der Waals surface area contributed by atoms with Crippen LogP contribution < -0.4 is 0 Å². The van der Waals surface area contributed by atoms with Crippen LogP contribution in [0.1, 0.15) is 52.4 Å². The van der Waals surface area contributed by atoms with Gasteiger partial charge in [0.25, 0.3) is 0 Å². The Morgan fingerprint density at radius 1 is 1.14 bits per heavy atom. The van der Waals surface area contributed by atoms with Gasteiger partial charge in [0.1, 0.15) is 5.78 Å². The molecule has 0 atom stereocenters. The summed E-state index contributed by atoms with van der Waals surface area (Å²) >= 11 is 0. The summed E-state index contributed by atoms with van der Waals surface area (Å²) in [7, 11) is 0. The van der Waals surface area contributed by atoms with E-state index in [1.54, 1.807) is 0 Å². The molecule has 0 N–H and O–H groups in total. The quantitative estimate of drug-likeness (QED) is 0.537. The van der Waals surface area contributed by atoms with Crippen molar-refractivity contribution in [3.05, 3.63) is 12.2 Å². The van der Waals surface area contributed by atoms with E-state index in [1.165, 1.54) is 19.3 Å². The molecule has 1 fully saturated rings. The highest BCUT2D eigenvalue weighted by Crippen LogP contribution is 2.53. The van der Waals surface area contributed by atoms with Crippen LogP contribution in [0.15, 0.2) is 12.2 Å². The minimum Gasteiger partial charge on any atom is -0.299 e. The lowest BCUT2D eigenvalue weighted by Crippen LogP contribution is -2.46. The first-order valence-electron chi connectivity index (χ1n) is 5.80. The molecule has 0 radical (unpaired) electrons. The molecule has 1 saturated carbocycles. The molecule has 0 heterocycles.